The first-order valence-electron chi connectivity index (χ1n) is 7.02. The standard InChI is InChI=1S/C14H24N4O/c1-12-15-7-11-17(12)9-5-10-18-8-4-6-13(18)14(19)16(2)3/h7,11,13H,4-6,8-10H2,1-3H3. The average molecular weight is 264 g/mol. The van der Waals surface area contributed by atoms with Crippen molar-refractivity contribution in [3.8, 4) is 0 Å². The molecule has 0 bridgehead atoms. The number of nitrogens with zero attached hydrogens (tertiary/aromatic N) is 4. The molecular formula is C14H24N4O. The highest BCUT2D eigenvalue weighted by atomic mass is 16.2. The smallest absolute Gasteiger partial charge is 0.239 e. The molecule has 5 heteroatoms. The molecule has 0 N–H and O–H groups in total. The monoisotopic (exact) mass is 264 g/mol. The van der Waals surface area contributed by atoms with Gasteiger partial charge in [0.1, 0.15) is 5.82 Å². The van der Waals surface area contributed by atoms with E-state index in [9.17, 15) is 4.79 Å². The summed E-state index contributed by atoms with van der Waals surface area (Å²) in [6.45, 7) is 5.04. The zero-order chi connectivity index (χ0) is 13.8. The van der Waals surface area contributed by atoms with E-state index in [-0.39, 0.29) is 11.9 Å². The molecule has 1 aliphatic rings. The van der Waals surface area contributed by atoms with Crippen molar-refractivity contribution in [2.75, 3.05) is 27.2 Å². The Kier molecular flexibility index (Phi) is 4.58. The van der Waals surface area contributed by atoms with E-state index in [0.29, 0.717) is 0 Å². The number of likely N-dealkylation sites (N-methyl/N-ethyl adjacent to an activating group) is 1. The topological polar surface area (TPSA) is 41.4 Å². The number of carbonyl (C=O) groups excluding carboxylic acids is 1. The summed E-state index contributed by atoms with van der Waals surface area (Å²) >= 11 is 0. The van der Waals surface area contributed by atoms with Crippen LogP contribution in [0.25, 0.3) is 0 Å². The summed E-state index contributed by atoms with van der Waals surface area (Å²) in [7, 11) is 3.68. The molecule has 5 nitrogen and oxygen atoms in total. The van der Waals surface area contributed by atoms with Crippen LogP contribution >= 0.6 is 0 Å². The van der Waals surface area contributed by atoms with Crippen LogP contribution in [-0.2, 0) is 11.3 Å². The Hall–Kier alpha value is -1.36. The predicted octanol–water partition coefficient (Wildman–Crippen LogP) is 1.13. The van der Waals surface area contributed by atoms with Gasteiger partial charge in [-0.2, -0.15) is 0 Å². The minimum Gasteiger partial charge on any atom is -0.347 e. The van der Waals surface area contributed by atoms with E-state index >= 15 is 0 Å². The van der Waals surface area contributed by atoms with Crippen LogP contribution in [-0.4, -0.2) is 58.5 Å². The highest BCUT2D eigenvalue weighted by molar-refractivity contribution is 5.81. The Bertz CT molecular complexity index is 427. The van der Waals surface area contributed by atoms with Gasteiger partial charge >= 0.3 is 0 Å². The molecule has 1 aromatic heterocycles. The van der Waals surface area contributed by atoms with E-state index < -0.39 is 0 Å². The third-order valence-electron chi connectivity index (χ3n) is 3.86. The maximum atomic E-state index is 12.1. The van der Waals surface area contributed by atoms with Crippen molar-refractivity contribution >= 4 is 5.91 Å². The Morgan fingerprint density at radius 3 is 2.89 bits per heavy atom. The van der Waals surface area contributed by atoms with Crippen LogP contribution in [0.3, 0.4) is 0 Å². The maximum absolute atomic E-state index is 12.1. The number of amides is 1. The number of aromatic nitrogens is 2. The summed E-state index contributed by atoms with van der Waals surface area (Å²) in [5.41, 5.74) is 0. The van der Waals surface area contributed by atoms with Crippen molar-refractivity contribution in [1.29, 1.82) is 0 Å². The van der Waals surface area contributed by atoms with E-state index in [1.807, 2.05) is 33.4 Å². The van der Waals surface area contributed by atoms with Crippen molar-refractivity contribution in [3.63, 3.8) is 0 Å². The van der Waals surface area contributed by atoms with Crippen molar-refractivity contribution in [1.82, 2.24) is 19.4 Å². The molecule has 2 rings (SSSR count). The van der Waals surface area contributed by atoms with Crippen LogP contribution in [0.2, 0.25) is 0 Å². The van der Waals surface area contributed by atoms with Crippen LogP contribution in [0, 0.1) is 6.92 Å². The van der Waals surface area contributed by atoms with Crippen LogP contribution in [0.5, 0.6) is 0 Å². The number of hydrogen-bond acceptors (Lipinski definition) is 3. The van der Waals surface area contributed by atoms with Gasteiger partial charge in [-0.15, -0.1) is 0 Å². The molecule has 1 saturated heterocycles. The number of carbonyl (C=O) groups is 1. The number of imidazole rings is 1. The van der Waals surface area contributed by atoms with Gasteiger partial charge in [-0.25, -0.2) is 4.98 Å². The minimum atomic E-state index is 0.0962. The molecule has 2 heterocycles. The first-order valence-corrected chi connectivity index (χ1v) is 7.02. The summed E-state index contributed by atoms with van der Waals surface area (Å²) in [4.78, 5) is 20.3. The van der Waals surface area contributed by atoms with E-state index in [1.165, 1.54) is 0 Å². The van der Waals surface area contributed by atoms with Gasteiger partial charge in [-0.05, 0) is 32.7 Å². The van der Waals surface area contributed by atoms with Crippen molar-refractivity contribution < 1.29 is 4.79 Å². The van der Waals surface area contributed by atoms with Crippen LogP contribution in [0.4, 0.5) is 0 Å². The summed E-state index contributed by atoms with van der Waals surface area (Å²) < 4.78 is 2.17. The second-order valence-corrected chi connectivity index (χ2v) is 5.45. The molecule has 1 atom stereocenters. The SMILES string of the molecule is Cc1nccn1CCCN1CCCC1C(=O)N(C)C. The van der Waals surface area contributed by atoms with E-state index in [0.717, 1.165) is 44.7 Å². The van der Waals surface area contributed by atoms with Crippen molar-refractivity contribution in [3.05, 3.63) is 18.2 Å². The van der Waals surface area contributed by atoms with Gasteiger partial charge < -0.3 is 9.47 Å². The van der Waals surface area contributed by atoms with Gasteiger partial charge in [0.25, 0.3) is 0 Å². The molecule has 19 heavy (non-hydrogen) atoms. The maximum Gasteiger partial charge on any atom is 0.239 e. The van der Waals surface area contributed by atoms with Crippen LogP contribution < -0.4 is 0 Å². The molecular weight excluding hydrogens is 240 g/mol. The van der Waals surface area contributed by atoms with Crippen LogP contribution in [0.1, 0.15) is 25.1 Å². The van der Waals surface area contributed by atoms with Gasteiger partial charge in [0, 0.05) is 39.6 Å². The summed E-state index contributed by atoms with van der Waals surface area (Å²) in [5.74, 6) is 1.30. The van der Waals surface area contributed by atoms with Gasteiger partial charge in [-0.1, -0.05) is 0 Å². The van der Waals surface area contributed by atoms with E-state index in [4.69, 9.17) is 0 Å². The molecule has 0 spiro atoms. The number of hydrogen-bond donors (Lipinski definition) is 0. The third-order valence-corrected chi connectivity index (χ3v) is 3.86. The first-order chi connectivity index (χ1) is 9.09. The van der Waals surface area contributed by atoms with Crippen molar-refractivity contribution in [2.24, 2.45) is 0 Å². The summed E-state index contributed by atoms with van der Waals surface area (Å²) in [6, 6.07) is 0.0962. The molecule has 1 aromatic rings. The normalized spacial score (nSPS) is 19.8. The fourth-order valence-electron chi connectivity index (χ4n) is 2.76. The van der Waals surface area contributed by atoms with E-state index in [2.05, 4.69) is 14.5 Å². The lowest BCUT2D eigenvalue weighted by atomic mass is 10.2. The fourth-order valence-corrected chi connectivity index (χ4v) is 2.76. The van der Waals surface area contributed by atoms with Crippen molar-refractivity contribution in [2.45, 2.75) is 38.8 Å². The number of aryl methyl sites for hydroxylation is 2. The lowest BCUT2D eigenvalue weighted by Gasteiger charge is -2.26. The van der Waals surface area contributed by atoms with E-state index in [1.54, 1.807) is 4.90 Å². The highest BCUT2D eigenvalue weighted by Gasteiger charge is 2.30. The molecule has 1 unspecified atom stereocenters. The number of rotatable bonds is 5. The summed E-state index contributed by atoms with van der Waals surface area (Å²) in [5, 5.41) is 0. The molecule has 1 amide bonds. The zero-order valence-corrected chi connectivity index (χ0v) is 12.2. The van der Waals surface area contributed by atoms with Crippen LogP contribution in [0.15, 0.2) is 12.4 Å². The highest BCUT2D eigenvalue weighted by Crippen LogP contribution is 2.19. The minimum absolute atomic E-state index is 0.0962. The second kappa shape index (κ2) is 6.19. The quantitative estimate of drug-likeness (QED) is 0.800. The van der Waals surface area contributed by atoms with Gasteiger partial charge in [-0.3, -0.25) is 9.69 Å². The van der Waals surface area contributed by atoms with Gasteiger partial charge in [0.15, 0.2) is 0 Å². The third kappa shape index (κ3) is 3.35. The Labute approximate surface area is 115 Å². The lowest BCUT2D eigenvalue weighted by molar-refractivity contribution is -0.133. The number of likely N-dealkylation sites (tertiary alicyclic amines) is 1. The molecule has 0 aliphatic carbocycles. The zero-order valence-electron chi connectivity index (χ0n) is 12.2. The molecule has 0 saturated carbocycles. The molecule has 1 fully saturated rings. The summed E-state index contributed by atoms with van der Waals surface area (Å²) in [6.07, 6.45) is 7.05. The molecule has 0 radical (unpaired) electrons. The first kappa shape index (κ1) is 14.1. The van der Waals surface area contributed by atoms with Gasteiger partial charge in [0.2, 0.25) is 5.91 Å². The Balaban J connectivity index is 1.82. The molecule has 106 valence electrons. The fraction of sp³-hybridized carbons (Fsp3) is 0.714. The van der Waals surface area contributed by atoms with Gasteiger partial charge in [0.05, 0.1) is 6.04 Å². The lowest BCUT2D eigenvalue weighted by Crippen LogP contribution is -2.43. The molecule has 0 aromatic carbocycles. The second-order valence-electron chi connectivity index (χ2n) is 5.45. The predicted molar refractivity (Wildman–Crippen MR) is 74.9 cm³/mol. The molecule has 1 aliphatic heterocycles. The Morgan fingerprint density at radius 2 is 2.26 bits per heavy atom. The average Bonchev–Trinajstić information content (AvgIpc) is 2.98. The Morgan fingerprint density at radius 1 is 1.47 bits per heavy atom. The largest absolute Gasteiger partial charge is 0.347 e.